The number of nitrogens with zero attached hydrogens (tertiary/aromatic N) is 3. The van der Waals surface area contributed by atoms with E-state index < -0.39 is 74.3 Å². The Bertz CT molecular complexity index is 2280. The van der Waals surface area contributed by atoms with Crippen molar-refractivity contribution in [2.75, 3.05) is 44.2 Å². The lowest BCUT2D eigenvalue weighted by Crippen LogP contribution is -2.58. The van der Waals surface area contributed by atoms with Crippen molar-refractivity contribution in [3.8, 4) is 22.9 Å². The number of allylic oxidation sites excluding steroid dienone is 1. The van der Waals surface area contributed by atoms with Gasteiger partial charge in [0.1, 0.15) is 35.1 Å². The van der Waals surface area contributed by atoms with Gasteiger partial charge in [-0.15, -0.1) is 0 Å². The Morgan fingerprint density at radius 2 is 1.82 bits per heavy atom. The summed E-state index contributed by atoms with van der Waals surface area (Å²) in [5.41, 5.74) is 0.146. The van der Waals surface area contributed by atoms with Gasteiger partial charge < -0.3 is 34.6 Å². The van der Waals surface area contributed by atoms with E-state index in [2.05, 4.69) is 15.4 Å². The van der Waals surface area contributed by atoms with Crippen LogP contribution in [-0.4, -0.2) is 116 Å². The zero-order valence-electron chi connectivity index (χ0n) is 34.9. The molecule has 1 aromatic heterocycles. The molecular weight excluding hydrogens is 809 g/mol. The van der Waals surface area contributed by atoms with Crippen molar-refractivity contribution in [3.05, 3.63) is 60.7 Å². The summed E-state index contributed by atoms with van der Waals surface area (Å²) in [5, 5.41) is 6.49. The molecule has 2 aromatic carbocycles. The molecule has 2 saturated carbocycles. The maximum atomic E-state index is 14.7. The van der Waals surface area contributed by atoms with E-state index in [1.165, 1.54) is 16.7 Å². The fourth-order valence-corrected chi connectivity index (χ4v) is 9.95. The summed E-state index contributed by atoms with van der Waals surface area (Å²) in [5.74, 6) is -0.594. The summed E-state index contributed by atoms with van der Waals surface area (Å²) in [6.45, 7) is 5.13. The van der Waals surface area contributed by atoms with Gasteiger partial charge in [0, 0.05) is 48.8 Å². The summed E-state index contributed by atoms with van der Waals surface area (Å²) in [6.07, 6.45) is 4.82. The van der Waals surface area contributed by atoms with Crippen molar-refractivity contribution in [3.63, 3.8) is 0 Å². The second kappa shape index (κ2) is 17.1. The number of ether oxygens (including phenoxy) is 3. The maximum Gasteiger partial charge on any atom is 0.408 e. The van der Waals surface area contributed by atoms with Crippen molar-refractivity contribution in [2.45, 2.75) is 93.9 Å². The first-order valence-electron chi connectivity index (χ1n) is 20.3. The highest BCUT2D eigenvalue weighted by molar-refractivity contribution is 7.99. The molecule has 2 aliphatic carbocycles. The lowest BCUT2D eigenvalue weighted by Gasteiger charge is -2.30. The molecule has 3 fully saturated rings. The molecule has 3 aromatic rings. The number of thioether (sulfide) groups is 1. The molecule has 4 amide bonds. The molecule has 60 heavy (non-hydrogen) atoms. The van der Waals surface area contributed by atoms with E-state index >= 15 is 0 Å². The maximum absolute atomic E-state index is 14.7. The fourth-order valence-electron chi connectivity index (χ4n) is 7.59. The molecule has 7 rings (SSSR count). The average molecular weight is 863 g/mol. The molecule has 1 saturated heterocycles. The molecule has 2 aliphatic heterocycles. The van der Waals surface area contributed by atoms with Crippen LogP contribution in [0.4, 0.5) is 10.5 Å². The number of alkyl carbamates (subject to hydrolysis) is 1. The van der Waals surface area contributed by atoms with E-state index in [4.69, 9.17) is 19.2 Å². The summed E-state index contributed by atoms with van der Waals surface area (Å²) >= 11 is 1.49. The van der Waals surface area contributed by atoms with Crippen molar-refractivity contribution >= 4 is 62.1 Å². The van der Waals surface area contributed by atoms with E-state index in [-0.39, 0.29) is 31.0 Å². The molecule has 3 heterocycles. The predicted octanol–water partition coefficient (Wildman–Crippen LogP) is 4.78. The van der Waals surface area contributed by atoms with Crippen LogP contribution >= 0.6 is 11.8 Å². The Kier molecular flexibility index (Phi) is 12.3. The highest BCUT2D eigenvalue weighted by atomic mass is 32.2. The monoisotopic (exact) mass is 862 g/mol. The van der Waals surface area contributed by atoms with E-state index in [9.17, 15) is 27.6 Å². The third-order valence-corrected chi connectivity index (χ3v) is 14.0. The van der Waals surface area contributed by atoms with Gasteiger partial charge in [0.05, 0.1) is 24.6 Å². The van der Waals surface area contributed by atoms with Gasteiger partial charge in [0.25, 0.3) is 5.91 Å². The molecule has 0 radical (unpaired) electrons. The Labute approximate surface area is 355 Å². The summed E-state index contributed by atoms with van der Waals surface area (Å²) in [4.78, 5) is 64.6. The van der Waals surface area contributed by atoms with E-state index in [1.54, 1.807) is 33.9 Å². The second-order valence-corrected chi connectivity index (χ2v) is 20.2. The van der Waals surface area contributed by atoms with Crippen molar-refractivity contribution in [2.24, 2.45) is 5.92 Å². The van der Waals surface area contributed by atoms with E-state index in [0.717, 1.165) is 23.1 Å². The second-order valence-electron chi connectivity index (χ2n) is 17.1. The van der Waals surface area contributed by atoms with E-state index in [1.807, 2.05) is 73.6 Å². The molecule has 4 aliphatic rings. The summed E-state index contributed by atoms with van der Waals surface area (Å²) < 4.78 is 45.9. The quantitative estimate of drug-likeness (QED) is 0.251. The number of carbonyl (C=O) groups excluding carboxylic acids is 4. The number of carbonyl (C=O) groups is 4. The van der Waals surface area contributed by atoms with Crippen LogP contribution in [0.15, 0.2) is 60.7 Å². The molecule has 0 bridgehead atoms. The SMILES string of the molecule is COc1ccc2c(OC3C[C@H]4C(=O)N[C@]5(C(=O)NS(=O)(=O)C6CC6)C[C@H]5C=CCCCSC[C@H](NC(=O)OC(C)(C)C)C(=O)N4C3)nc(-c3ccc(N(C)C)cc3)cc2c1. The van der Waals surface area contributed by atoms with Crippen LogP contribution < -0.4 is 29.7 Å². The van der Waals surface area contributed by atoms with Crippen molar-refractivity contribution in [1.29, 1.82) is 0 Å². The minimum atomic E-state index is -3.92. The first-order valence-corrected chi connectivity index (χ1v) is 23.0. The smallest absolute Gasteiger partial charge is 0.408 e. The van der Waals surface area contributed by atoms with Crippen LogP contribution in [0.25, 0.3) is 22.0 Å². The Hall–Kier alpha value is -5.03. The lowest BCUT2D eigenvalue weighted by atomic mass is 10.1. The molecule has 322 valence electrons. The molecule has 15 nitrogen and oxygen atoms in total. The Morgan fingerprint density at radius 3 is 2.50 bits per heavy atom. The first kappa shape index (κ1) is 43.1. The van der Waals surface area contributed by atoms with Crippen LogP contribution in [0, 0.1) is 5.92 Å². The number of pyridine rings is 1. The van der Waals surface area contributed by atoms with Gasteiger partial charge in [-0.2, -0.15) is 11.8 Å². The number of benzene rings is 2. The Balaban J connectivity index is 1.23. The number of aromatic nitrogens is 1. The Morgan fingerprint density at radius 1 is 1.07 bits per heavy atom. The highest BCUT2D eigenvalue weighted by Crippen LogP contribution is 2.46. The van der Waals surface area contributed by atoms with Crippen LogP contribution in [0.5, 0.6) is 11.6 Å². The highest BCUT2D eigenvalue weighted by Gasteiger charge is 2.62. The molecule has 1 unspecified atom stereocenters. The van der Waals surface area contributed by atoms with Gasteiger partial charge in [-0.3, -0.25) is 19.1 Å². The number of hydrogen-bond donors (Lipinski definition) is 3. The van der Waals surface area contributed by atoms with Gasteiger partial charge in [0.2, 0.25) is 27.7 Å². The van der Waals surface area contributed by atoms with Crippen LogP contribution in [0.3, 0.4) is 0 Å². The standard InChI is InChI=1S/C43H54N6O9S2/c1-42(2,3)58-41(53)45-35-25-59-19-9-7-8-10-28-23-43(28,40(52)47-60(54,55)32-16-17-32)46-37(50)36-22-31(24-49(36)39(35)51)57-38-33-18-15-30(56-6)20-27(33)21-34(44-38)26-11-13-29(14-12-26)48(4)5/h8,10-15,18,20-21,28,31-32,35-36H,7,9,16-17,19,22-25H2,1-6H3,(H,45,53)(H,46,50)(H,47,52)/t28-,31?,35+,36+,43-/m1/s1. The van der Waals surface area contributed by atoms with Crippen molar-refractivity contribution < 1.29 is 41.8 Å². The zero-order chi connectivity index (χ0) is 43.0. The lowest BCUT2D eigenvalue weighted by molar-refractivity contribution is -0.140. The topological polar surface area (TPSA) is 186 Å². The van der Waals surface area contributed by atoms with Gasteiger partial charge >= 0.3 is 6.09 Å². The number of anilines is 1. The molecule has 17 heteroatoms. The van der Waals surface area contributed by atoms with Gasteiger partial charge in [-0.25, -0.2) is 18.2 Å². The minimum Gasteiger partial charge on any atom is -0.497 e. The number of fused-ring (bicyclic) bond motifs is 3. The summed E-state index contributed by atoms with van der Waals surface area (Å²) in [6, 6.07) is 13.2. The summed E-state index contributed by atoms with van der Waals surface area (Å²) in [7, 11) is 1.60. The van der Waals surface area contributed by atoms with Crippen LogP contribution in [-0.2, 0) is 29.1 Å². The van der Waals surface area contributed by atoms with E-state index in [0.29, 0.717) is 41.8 Å². The van der Waals surface area contributed by atoms with Gasteiger partial charge in [0.15, 0.2) is 0 Å². The van der Waals surface area contributed by atoms with Crippen molar-refractivity contribution in [1.82, 2.24) is 25.2 Å². The number of methoxy groups -OCH3 is 1. The minimum absolute atomic E-state index is 0.0174. The van der Waals surface area contributed by atoms with Gasteiger partial charge in [-0.05, 0) is 100 Å². The molecule has 0 spiro atoms. The average Bonchev–Trinajstić information content (AvgIpc) is 4.12. The predicted molar refractivity (Wildman–Crippen MR) is 231 cm³/mol. The van der Waals surface area contributed by atoms with Crippen LogP contribution in [0.1, 0.15) is 59.3 Å². The largest absolute Gasteiger partial charge is 0.497 e. The third-order valence-electron chi connectivity index (χ3n) is 11.1. The number of amides is 4. The number of nitrogens with one attached hydrogen (secondary N) is 3. The fraction of sp³-hybridized carbons (Fsp3) is 0.512. The normalized spacial score (nSPS) is 24.9. The third kappa shape index (κ3) is 9.78. The molecule has 3 N–H and O–H groups in total. The zero-order valence-corrected chi connectivity index (χ0v) is 36.5. The first-order chi connectivity index (χ1) is 28.5. The van der Waals surface area contributed by atoms with Gasteiger partial charge in [-0.1, -0.05) is 24.3 Å². The number of rotatable bonds is 9. The van der Waals surface area contributed by atoms with Crippen LogP contribution in [0.2, 0.25) is 0 Å². The molecule has 5 atom stereocenters. The number of hydrogen-bond acceptors (Lipinski definition) is 12. The number of sulfonamides is 1. The molecular formula is C43H54N6O9S2.